The van der Waals surface area contributed by atoms with Crippen LogP contribution in [-0.4, -0.2) is 16.7 Å². The molecule has 0 aliphatic carbocycles. The second-order valence-electron chi connectivity index (χ2n) is 8.45. The molecule has 0 unspecified atom stereocenters. The number of hydrogen-bond donors (Lipinski definition) is 0. The van der Waals surface area contributed by atoms with Crippen molar-refractivity contribution < 1.29 is 4.79 Å². The van der Waals surface area contributed by atoms with Gasteiger partial charge in [-0.15, -0.1) is 0 Å². The summed E-state index contributed by atoms with van der Waals surface area (Å²) < 4.78 is 0. The molecule has 3 aromatic carbocycles. The highest BCUT2D eigenvalue weighted by molar-refractivity contribution is 6.30. The number of rotatable bonds is 5. The maximum Gasteiger partial charge on any atom is 0.186 e. The van der Waals surface area contributed by atoms with Gasteiger partial charge in [0.1, 0.15) is 23.8 Å². The van der Waals surface area contributed by atoms with E-state index >= 15 is 0 Å². The molecule has 4 nitrogen and oxygen atoms in total. The monoisotopic (exact) mass is 485 g/mol. The molecule has 0 saturated heterocycles. The summed E-state index contributed by atoms with van der Waals surface area (Å²) in [6.45, 7) is 0. The molecule has 0 fully saturated rings. The number of Topliss-reactive ketones (excluding diaryl/α,β-unsaturated/α-hetero) is 1. The quantitative estimate of drug-likeness (QED) is 0.293. The molecule has 0 spiro atoms. The first-order chi connectivity index (χ1) is 17.6. The molecule has 3 aromatic rings. The molecule has 0 amide bonds. The van der Waals surface area contributed by atoms with Crippen LogP contribution in [0.1, 0.15) is 27.4 Å². The van der Waals surface area contributed by atoms with Crippen LogP contribution in [0.5, 0.6) is 0 Å². The molecular weight excluding hydrogens is 466 g/mol. The molecule has 5 heteroatoms. The minimum Gasteiger partial charge on any atom is -0.336 e. The molecule has 2 heterocycles. The fourth-order valence-electron chi connectivity index (χ4n) is 4.93. The summed E-state index contributed by atoms with van der Waals surface area (Å²) in [5, 5.41) is 20.5. The predicted octanol–water partition coefficient (Wildman–Crippen LogP) is 6.83. The van der Waals surface area contributed by atoms with Crippen molar-refractivity contribution in [3.8, 4) is 12.1 Å². The molecule has 0 radical (unpaired) electrons. The van der Waals surface area contributed by atoms with E-state index in [2.05, 4.69) is 12.1 Å². The van der Waals surface area contributed by atoms with Crippen LogP contribution in [0.25, 0.3) is 5.57 Å². The molecule has 0 N–H and O–H groups in total. The van der Waals surface area contributed by atoms with Crippen LogP contribution in [0.15, 0.2) is 126 Å². The van der Waals surface area contributed by atoms with Gasteiger partial charge in [0.25, 0.3) is 0 Å². The van der Waals surface area contributed by atoms with Gasteiger partial charge in [0.05, 0.1) is 0 Å². The minimum absolute atomic E-state index is 0.00150. The molecule has 0 saturated carbocycles. The Balaban J connectivity index is 1.82. The van der Waals surface area contributed by atoms with Crippen molar-refractivity contribution in [1.29, 1.82) is 10.5 Å². The van der Waals surface area contributed by atoms with E-state index in [-0.39, 0.29) is 11.4 Å². The third-order valence-corrected chi connectivity index (χ3v) is 6.71. The van der Waals surface area contributed by atoms with E-state index in [0.717, 1.165) is 22.4 Å². The lowest BCUT2D eigenvalue weighted by Gasteiger charge is -2.29. The molecular formula is C31H20ClN3O. The Morgan fingerprint density at radius 3 is 2.03 bits per heavy atom. The van der Waals surface area contributed by atoms with Crippen molar-refractivity contribution in [2.45, 2.75) is 12.0 Å². The highest BCUT2D eigenvalue weighted by Gasteiger charge is 2.46. The summed E-state index contributed by atoms with van der Waals surface area (Å²) in [6.07, 6.45) is 7.61. The standard InChI is InChI=1S/C31H20ClN3O/c32-25-16-14-22(15-17-25)28-29(27(24(19-33)20-34)21-9-3-1-4-10-21)26-13-7-8-18-35(26)30(28)31(36)23-11-5-2-6-12-23/h1-18,28,30H/t28-,30-/m1/s1. The Hall–Kier alpha value is -4.64. The molecule has 0 aromatic heterocycles. The number of benzene rings is 3. The highest BCUT2D eigenvalue weighted by atomic mass is 35.5. The second-order valence-corrected chi connectivity index (χ2v) is 8.89. The molecule has 36 heavy (non-hydrogen) atoms. The van der Waals surface area contributed by atoms with Crippen molar-refractivity contribution >= 4 is 23.0 Å². The van der Waals surface area contributed by atoms with Gasteiger partial charge in [-0.05, 0) is 41.0 Å². The number of carbonyl (C=O) groups excluding carboxylic acids is 1. The molecule has 5 rings (SSSR count). The zero-order valence-electron chi connectivity index (χ0n) is 19.2. The molecule has 2 aliphatic heterocycles. The fourth-order valence-corrected chi connectivity index (χ4v) is 5.06. The summed E-state index contributed by atoms with van der Waals surface area (Å²) in [5.74, 6) is -0.504. The van der Waals surface area contributed by atoms with Gasteiger partial charge >= 0.3 is 0 Å². The van der Waals surface area contributed by atoms with Crippen molar-refractivity contribution in [2.75, 3.05) is 0 Å². The Bertz CT molecular complexity index is 1500. The van der Waals surface area contributed by atoms with Crippen LogP contribution in [0, 0.1) is 22.7 Å². The number of carbonyl (C=O) groups is 1. The normalized spacial score (nSPS) is 17.8. The lowest BCUT2D eigenvalue weighted by atomic mass is 9.78. The maximum absolute atomic E-state index is 14.1. The Morgan fingerprint density at radius 1 is 0.806 bits per heavy atom. The summed E-state index contributed by atoms with van der Waals surface area (Å²) in [4.78, 5) is 16.0. The zero-order valence-corrected chi connectivity index (χ0v) is 19.9. The van der Waals surface area contributed by atoms with Crippen LogP contribution in [0.3, 0.4) is 0 Å². The number of hydrogen-bond acceptors (Lipinski definition) is 4. The fraction of sp³-hybridized carbons (Fsp3) is 0.0645. The SMILES string of the molecule is N#CC(C#N)=C(C1=C2C=CC=CN2[C@@H](C(=O)c2ccccc2)[C@@H]1c1ccc(Cl)cc1)c1ccccc1. The van der Waals surface area contributed by atoms with Gasteiger partial charge < -0.3 is 4.90 Å². The lowest BCUT2D eigenvalue weighted by molar-refractivity contribution is 0.0897. The van der Waals surface area contributed by atoms with Crippen LogP contribution in [0.4, 0.5) is 0 Å². The van der Waals surface area contributed by atoms with E-state index in [0.29, 0.717) is 16.2 Å². The molecule has 2 atom stereocenters. The Kier molecular flexibility index (Phi) is 6.37. The van der Waals surface area contributed by atoms with Crippen molar-refractivity contribution in [1.82, 2.24) is 4.90 Å². The number of halogens is 1. The van der Waals surface area contributed by atoms with Gasteiger partial charge in [-0.2, -0.15) is 10.5 Å². The second kappa shape index (κ2) is 9.92. The average molecular weight is 486 g/mol. The smallest absolute Gasteiger partial charge is 0.186 e. The first-order valence-corrected chi connectivity index (χ1v) is 11.8. The van der Waals surface area contributed by atoms with E-state index in [4.69, 9.17) is 11.6 Å². The number of nitrogens with zero attached hydrogens (tertiary/aromatic N) is 3. The number of ketones is 1. The van der Waals surface area contributed by atoms with Crippen molar-refractivity contribution in [2.24, 2.45) is 0 Å². The number of allylic oxidation sites excluding steroid dienone is 5. The number of fused-ring (bicyclic) bond motifs is 1. The molecule has 172 valence electrons. The van der Waals surface area contributed by atoms with Gasteiger partial charge in [-0.25, -0.2) is 0 Å². The van der Waals surface area contributed by atoms with E-state index in [1.54, 1.807) is 12.1 Å². The third kappa shape index (κ3) is 4.05. The average Bonchev–Trinajstić information content (AvgIpc) is 3.27. The first-order valence-electron chi connectivity index (χ1n) is 11.5. The molecule has 2 aliphatic rings. The van der Waals surface area contributed by atoms with E-state index < -0.39 is 12.0 Å². The van der Waals surface area contributed by atoms with Crippen LogP contribution in [0.2, 0.25) is 5.02 Å². The summed E-state index contributed by atoms with van der Waals surface area (Å²) in [6, 6.07) is 29.6. The van der Waals surface area contributed by atoms with E-state index in [1.807, 2.05) is 102 Å². The largest absolute Gasteiger partial charge is 0.336 e. The number of nitriles is 2. The zero-order chi connectivity index (χ0) is 25.1. The first kappa shape index (κ1) is 23.1. The van der Waals surface area contributed by atoms with Crippen LogP contribution in [-0.2, 0) is 0 Å². The van der Waals surface area contributed by atoms with Gasteiger partial charge in [0.15, 0.2) is 5.78 Å². The maximum atomic E-state index is 14.1. The van der Waals surface area contributed by atoms with E-state index in [9.17, 15) is 15.3 Å². The lowest BCUT2D eigenvalue weighted by Crippen LogP contribution is -2.37. The highest BCUT2D eigenvalue weighted by Crippen LogP contribution is 2.50. The van der Waals surface area contributed by atoms with Gasteiger partial charge in [0.2, 0.25) is 0 Å². The minimum atomic E-state index is -0.614. The van der Waals surface area contributed by atoms with Gasteiger partial charge in [-0.1, -0.05) is 90.5 Å². The van der Waals surface area contributed by atoms with Gasteiger partial charge in [0, 0.05) is 34.0 Å². The summed E-state index contributed by atoms with van der Waals surface area (Å²) in [7, 11) is 0. The predicted molar refractivity (Wildman–Crippen MR) is 140 cm³/mol. The third-order valence-electron chi connectivity index (χ3n) is 6.45. The van der Waals surface area contributed by atoms with Crippen molar-refractivity contribution in [3.05, 3.63) is 148 Å². The summed E-state index contributed by atoms with van der Waals surface area (Å²) >= 11 is 6.22. The Labute approximate surface area is 215 Å². The van der Waals surface area contributed by atoms with Gasteiger partial charge in [-0.3, -0.25) is 4.79 Å². The van der Waals surface area contributed by atoms with Crippen LogP contribution < -0.4 is 0 Å². The summed E-state index contributed by atoms with van der Waals surface area (Å²) in [5.41, 5.74) is 4.28. The Morgan fingerprint density at radius 2 is 1.42 bits per heavy atom. The van der Waals surface area contributed by atoms with Crippen molar-refractivity contribution in [3.63, 3.8) is 0 Å². The molecule has 0 bridgehead atoms. The van der Waals surface area contributed by atoms with E-state index in [1.165, 1.54) is 0 Å². The van der Waals surface area contributed by atoms with Crippen LogP contribution >= 0.6 is 11.6 Å². The topological polar surface area (TPSA) is 67.9 Å².